The van der Waals surface area contributed by atoms with E-state index in [1.807, 2.05) is 35.8 Å². The highest BCUT2D eigenvalue weighted by molar-refractivity contribution is 5.96. The minimum atomic E-state index is -0.287. The van der Waals surface area contributed by atoms with Crippen molar-refractivity contribution in [3.63, 3.8) is 0 Å². The van der Waals surface area contributed by atoms with Crippen molar-refractivity contribution >= 4 is 11.8 Å². The lowest BCUT2D eigenvalue weighted by molar-refractivity contribution is -0.0110. The molecule has 29 heavy (non-hydrogen) atoms. The summed E-state index contributed by atoms with van der Waals surface area (Å²) in [6, 6.07) is 3.79. The van der Waals surface area contributed by atoms with E-state index in [1.165, 1.54) is 6.42 Å². The maximum Gasteiger partial charge on any atom is 0.256 e. The van der Waals surface area contributed by atoms with E-state index in [4.69, 9.17) is 0 Å². The van der Waals surface area contributed by atoms with Crippen LogP contribution in [0.1, 0.15) is 63.9 Å². The first kappa shape index (κ1) is 19.6. The van der Waals surface area contributed by atoms with Crippen LogP contribution in [-0.4, -0.2) is 56.8 Å². The van der Waals surface area contributed by atoms with E-state index in [0.29, 0.717) is 30.8 Å². The van der Waals surface area contributed by atoms with Gasteiger partial charge in [0.25, 0.3) is 11.8 Å². The minimum Gasteiger partial charge on any atom is -0.334 e. The van der Waals surface area contributed by atoms with Gasteiger partial charge >= 0.3 is 0 Å². The Hall–Kier alpha value is -2.76. The first-order valence-corrected chi connectivity index (χ1v) is 10.4. The molecule has 1 spiro atoms. The highest BCUT2D eigenvalue weighted by Crippen LogP contribution is 2.38. The molecular formula is C23H28N4O2. The SMILES string of the molecule is Cc1cncc(C(=O)N2CCN(C(=O)c3cncc(C)c3)C3(CCCCC3)C2)c1. The van der Waals surface area contributed by atoms with Crippen molar-refractivity contribution in [2.24, 2.45) is 0 Å². The smallest absolute Gasteiger partial charge is 0.256 e. The second kappa shape index (κ2) is 7.93. The molecule has 0 radical (unpaired) electrons. The molecule has 2 aromatic heterocycles. The quantitative estimate of drug-likeness (QED) is 0.786. The number of piperazine rings is 1. The lowest BCUT2D eigenvalue weighted by Crippen LogP contribution is -2.65. The molecule has 152 valence electrons. The molecule has 6 nitrogen and oxygen atoms in total. The van der Waals surface area contributed by atoms with Gasteiger partial charge in [-0.05, 0) is 49.9 Å². The molecule has 4 rings (SSSR count). The molecule has 0 unspecified atom stereocenters. The topological polar surface area (TPSA) is 66.4 Å². The fourth-order valence-electron chi connectivity index (χ4n) is 4.79. The number of aromatic nitrogens is 2. The van der Waals surface area contributed by atoms with Gasteiger partial charge in [-0.15, -0.1) is 0 Å². The van der Waals surface area contributed by atoms with Crippen LogP contribution < -0.4 is 0 Å². The van der Waals surface area contributed by atoms with E-state index in [1.54, 1.807) is 24.8 Å². The van der Waals surface area contributed by atoms with Gasteiger partial charge in [0.05, 0.1) is 16.7 Å². The van der Waals surface area contributed by atoms with Crippen molar-refractivity contribution in [2.75, 3.05) is 19.6 Å². The highest BCUT2D eigenvalue weighted by atomic mass is 16.2. The van der Waals surface area contributed by atoms with Crippen LogP contribution in [0.15, 0.2) is 36.9 Å². The molecular weight excluding hydrogens is 364 g/mol. The molecule has 2 aliphatic rings. The van der Waals surface area contributed by atoms with Crippen molar-refractivity contribution < 1.29 is 9.59 Å². The van der Waals surface area contributed by atoms with Gasteiger partial charge < -0.3 is 9.80 Å². The van der Waals surface area contributed by atoms with Crippen LogP contribution >= 0.6 is 0 Å². The molecule has 1 saturated heterocycles. The molecule has 2 amide bonds. The molecule has 0 atom stereocenters. The van der Waals surface area contributed by atoms with Crippen LogP contribution in [0.25, 0.3) is 0 Å². The van der Waals surface area contributed by atoms with Crippen molar-refractivity contribution in [3.05, 3.63) is 59.2 Å². The summed E-state index contributed by atoms with van der Waals surface area (Å²) in [4.78, 5) is 38.9. The van der Waals surface area contributed by atoms with Crippen LogP contribution in [0, 0.1) is 13.8 Å². The van der Waals surface area contributed by atoms with E-state index in [-0.39, 0.29) is 17.4 Å². The number of rotatable bonds is 2. The Bertz CT molecular complexity index is 921. The van der Waals surface area contributed by atoms with E-state index in [2.05, 4.69) is 9.97 Å². The number of pyridine rings is 2. The molecule has 1 aliphatic heterocycles. The first-order valence-electron chi connectivity index (χ1n) is 10.4. The number of carbonyl (C=O) groups is 2. The molecule has 0 N–H and O–H groups in total. The van der Waals surface area contributed by atoms with Gasteiger partial charge in [-0.1, -0.05) is 19.3 Å². The number of hydrogen-bond donors (Lipinski definition) is 0. The van der Waals surface area contributed by atoms with Crippen LogP contribution in [0.3, 0.4) is 0 Å². The molecule has 1 aliphatic carbocycles. The maximum absolute atomic E-state index is 13.4. The van der Waals surface area contributed by atoms with Crippen LogP contribution in [0.5, 0.6) is 0 Å². The zero-order chi connectivity index (χ0) is 20.4. The Morgan fingerprint density at radius 2 is 1.41 bits per heavy atom. The number of amides is 2. The third-order valence-electron chi connectivity index (χ3n) is 6.21. The summed E-state index contributed by atoms with van der Waals surface area (Å²) >= 11 is 0. The summed E-state index contributed by atoms with van der Waals surface area (Å²) in [7, 11) is 0. The third kappa shape index (κ3) is 3.88. The van der Waals surface area contributed by atoms with Crippen LogP contribution in [0.2, 0.25) is 0 Å². The molecule has 2 fully saturated rings. The van der Waals surface area contributed by atoms with Gasteiger partial charge in [0.1, 0.15) is 0 Å². The zero-order valence-corrected chi connectivity index (χ0v) is 17.2. The summed E-state index contributed by atoms with van der Waals surface area (Å²) in [6.07, 6.45) is 12.0. The lowest BCUT2D eigenvalue weighted by Gasteiger charge is -2.52. The van der Waals surface area contributed by atoms with E-state index in [9.17, 15) is 9.59 Å². The third-order valence-corrected chi connectivity index (χ3v) is 6.21. The summed E-state index contributed by atoms with van der Waals surface area (Å²) in [6.45, 7) is 5.58. The van der Waals surface area contributed by atoms with E-state index in [0.717, 1.165) is 36.8 Å². The number of carbonyl (C=O) groups excluding carboxylic acids is 2. The molecule has 2 aromatic rings. The average molecular weight is 393 g/mol. The van der Waals surface area contributed by atoms with E-state index >= 15 is 0 Å². The average Bonchev–Trinajstić information content (AvgIpc) is 2.73. The van der Waals surface area contributed by atoms with Crippen molar-refractivity contribution in [3.8, 4) is 0 Å². The standard InChI is InChI=1S/C23H28N4O2/c1-17-10-19(14-24-12-17)21(28)26-8-9-27(23(16-26)6-4-3-5-7-23)22(29)20-11-18(2)13-25-15-20/h10-15H,3-9,16H2,1-2H3. The zero-order valence-electron chi connectivity index (χ0n) is 17.2. The second-order valence-electron chi connectivity index (χ2n) is 8.47. The molecule has 1 saturated carbocycles. The fraction of sp³-hybridized carbons (Fsp3) is 0.478. The lowest BCUT2D eigenvalue weighted by atomic mass is 9.78. The van der Waals surface area contributed by atoms with Gasteiger partial charge in [-0.25, -0.2) is 0 Å². The fourth-order valence-corrected chi connectivity index (χ4v) is 4.79. The van der Waals surface area contributed by atoms with Crippen LogP contribution in [-0.2, 0) is 0 Å². The van der Waals surface area contributed by atoms with Gasteiger partial charge in [-0.2, -0.15) is 0 Å². The van der Waals surface area contributed by atoms with Crippen molar-refractivity contribution in [1.82, 2.24) is 19.8 Å². The van der Waals surface area contributed by atoms with Gasteiger partial charge in [0, 0.05) is 44.4 Å². The monoisotopic (exact) mass is 392 g/mol. The second-order valence-corrected chi connectivity index (χ2v) is 8.47. The Kier molecular flexibility index (Phi) is 5.35. The van der Waals surface area contributed by atoms with Crippen LogP contribution in [0.4, 0.5) is 0 Å². The van der Waals surface area contributed by atoms with Gasteiger partial charge in [0.15, 0.2) is 0 Å². The number of aryl methyl sites for hydroxylation is 2. The Labute approximate surface area is 172 Å². The predicted molar refractivity (Wildman–Crippen MR) is 111 cm³/mol. The number of nitrogens with zero attached hydrogens (tertiary/aromatic N) is 4. The first-order chi connectivity index (χ1) is 14.0. The summed E-state index contributed by atoms with van der Waals surface area (Å²) in [5.41, 5.74) is 2.93. The van der Waals surface area contributed by atoms with Gasteiger partial charge in [-0.3, -0.25) is 19.6 Å². The molecule has 3 heterocycles. The largest absolute Gasteiger partial charge is 0.334 e. The van der Waals surface area contributed by atoms with Gasteiger partial charge in [0.2, 0.25) is 0 Å². The Balaban J connectivity index is 1.61. The summed E-state index contributed by atoms with van der Waals surface area (Å²) in [5.74, 6) is 0.0443. The summed E-state index contributed by atoms with van der Waals surface area (Å²) in [5, 5.41) is 0. The van der Waals surface area contributed by atoms with Crippen molar-refractivity contribution in [1.29, 1.82) is 0 Å². The normalized spacial score (nSPS) is 18.7. The van der Waals surface area contributed by atoms with E-state index < -0.39 is 0 Å². The molecule has 0 aromatic carbocycles. The van der Waals surface area contributed by atoms with Crippen molar-refractivity contribution in [2.45, 2.75) is 51.5 Å². The number of hydrogen-bond acceptors (Lipinski definition) is 4. The predicted octanol–water partition coefficient (Wildman–Crippen LogP) is 3.39. The highest BCUT2D eigenvalue weighted by Gasteiger charge is 2.46. The minimum absolute atomic E-state index is 0.00969. The molecule has 0 bridgehead atoms. The molecule has 6 heteroatoms. The maximum atomic E-state index is 13.4. The Morgan fingerprint density at radius 1 is 0.828 bits per heavy atom. The summed E-state index contributed by atoms with van der Waals surface area (Å²) < 4.78 is 0. The Morgan fingerprint density at radius 3 is 2.00 bits per heavy atom.